The number of hydrogen-bond acceptors (Lipinski definition) is 9. The van der Waals surface area contributed by atoms with E-state index in [0.29, 0.717) is 58.2 Å². The van der Waals surface area contributed by atoms with Crippen LogP contribution in [0.4, 0.5) is 30.5 Å². The molecule has 4 fully saturated rings. The number of aromatic nitrogens is 2. The molecule has 5 aliphatic rings. The quantitative estimate of drug-likeness (QED) is 0.358. The molecule has 43 heavy (non-hydrogen) atoms. The van der Waals surface area contributed by atoms with Crippen molar-refractivity contribution in [3.8, 4) is 10.6 Å². The Morgan fingerprint density at radius 3 is 2.56 bits per heavy atom. The van der Waals surface area contributed by atoms with Crippen molar-refractivity contribution in [3.05, 3.63) is 46.5 Å². The summed E-state index contributed by atoms with van der Waals surface area (Å²) in [7, 11) is 0. The summed E-state index contributed by atoms with van der Waals surface area (Å²) in [6, 6.07) is 9.06. The molecule has 6 heterocycles. The highest BCUT2D eigenvalue weighted by Gasteiger charge is 2.39. The van der Waals surface area contributed by atoms with Gasteiger partial charge < -0.3 is 25.2 Å². The number of thiophene rings is 1. The summed E-state index contributed by atoms with van der Waals surface area (Å²) in [6.07, 6.45) is 0.784. The van der Waals surface area contributed by atoms with Gasteiger partial charge in [0.05, 0.1) is 29.8 Å². The molecule has 8 nitrogen and oxygen atoms in total. The van der Waals surface area contributed by atoms with Crippen LogP contribution in [0.5, 0.6) is 0 Å². The third kappa shape index (κ3) is 5.27. The van der Waals surface area contributed by atoms with E-state index in [1.807, 2.05) is 6.07 Å². The molecular weight excluding hydrogens is 597 g/mol. The number of hydrogen-bond donors (Lipinski definition) is 2. The minimum absolute atomic E-state index is 0.0129. The standard InChI is InChI=1S/C30H31F3N6O2S2/c31-30(32,33)22-11-34-29(37-26(22)24-10-25-27(43-24)28(40)39(7-8-42-25)20-14-41-15-20)36-23-6-5-19(9-21(23)16-1-2-16)38-12-17-3-4-18(13-38)35-17/h5-6,9-11,16-18,20,35H,1-4,7-8,12-15H2,(H,34,36,37)/t17-,18+. The minimum Gasteiger partial charge on any atom is -0.377 e. The maximum atomic E-state index is 14.2. The fourth-order valence-electron chi connectivity index (χ4n) is 6.54. The van der Waals surface area contributed by atoms with Gasteiger partial charge >= 0.3 is 6.18 Å². The van der Waals surface area contributed by atoms with Crippen LogP contribution >= 0.6 is 23.1 Å². The van der Waals surface area contributed by atoms with Crippen molar-refractivity contribution in [1.82, 2.24) is 20.2 Å². The first kappa shape index (κ1) is 27.7. The average molecular weight is 629 g/mol. The first-order valence-corrected chi connectivity index (χ1v) is 16.6. The molecule has 1 amide bonds. The van der Waals surface area contributed by atoms with E-state index in [4.69, 9.17) is 4.74 Å². The van der Waals surface area contributed by atoms with Crippen LogP contribution in [0.25, 0.3) is 10.6 Å². The molecule has 1 aliphatic carbocycles. The topological polar surface area (TPSA) is 82.6 Å². The molecule has 2 aromatic heterocycles. The summed E-state index contributed by atoms with van der Waals surface area (Å²) in [5, 5.41) is 6.92. The lowest BCUT2D eigenvalue weighted by Crippen LogP contribution is -2.52. The van der Waals surface area contributed by atoms with Gasteiger partial charge in [-0.3, -0.25) is 4.79 Å². The van der Waals surface area contributed by atoms with Gasteiger partial charge in [0.1, 0.15) is 10.4 Å². The number of rotatable bonds is 6. The zero-order valence-corrected chi connectivity index (χ0v) is 25.0. The van der Waals surface area contributed by atoms with E-state index in [2.05, 4.69) is 37.6 Å². The Morgan fingerprint density at radius 1 is 1.07 bits per heavy atom. The molecule has 4 aliphatic heterocycles. The Hall–Kier alpha value is -2.87. The van der Waals surface area contributed by atoms with Gasteiger partial charge in [-0.25, -0.2) is 9.97 Å². The zero-order valence-electron chi connectivity index (χ0n) is 23.3. The van der Waals surface area contributed by atoms with Gasteiger partial charge in [0.2, 0.25) is 5.95 Å². The van der Waals surface area contributed by atoms with E-state index < -0.39 is 11.7 Å². The Kier molecular flexibility index (Phi) is 6.84. The van der Waals surface area contributed by atoms with Crippen molar-refractivity contribution in [1.29, 1.82) is 0 Å². The molecular formula is C30H31F3N6O2S2. The molecule has 0 spiro atoms. The van der Waals surface area contributed by atoms with Crippen molar-refractivity contribution >= 4 is 46.3 Å². The third-order valence-electron chi connectivity index (χ3n) is 9.01. The number of thioether (sulfide) groups is 1. The number of benzene rings is 1. The van der Waals surface area contributed by atoms with E-state index in [1.54, 1.807) is 11.0 Å². The Morgan fingerprint density at radius 2 is 1.86 bits per heavy atom. The summed E-state index contributed by atoms with van der Waals surface area (Å²) in [4.78, 5) is 27.6. The lowest BCUT2D eigenvalue weighted by molar-refractivity contribution is -0.137. The summed E-state index contributed by atoms with van der Waals surface area (Å²) >= 11 is 2.56. The van der Waals surface area contributed by atoms with Crippen LogP contribution in [0.15, 0.2) is 35.4 Å². The number of carbonyl (C=O) groups is 1. The Labute approximate surface area is 255 Å². The Balaban J connectivity index is 1.11. The van der Waals surface area contributed by atoms with E-state index in [-0.39, 0.29) is 23.6 Å². The van der Waals surface area contributed by atoms with E-state index in [0.717, 1.165) is 54.7 Å². The fourth-order valence-corrected chi connectivity index (χ4v) is 8.86. The minimum atomic E-state index is -4.65. The summed E-state index contributed by atoms with van der Waals surface area (Å²) in [5.74, 6) is 1.03. The van der Waals surface area contributed by atoms with Crippen molar-refractivity contribution < 1.29 is 22.7 Å². The van der Waals surface area contributed by atoms with Gasteiger partial charge in [0.15, 0.2) is 0 Å². The van der Waals surface area contributed by atoms with Gasteiger partial charge in [-0.15, -0.1) is 23.1 Å². The molecule has 226 valence electrons. The predicted molar refractivity (Wildman–Crippen MR) is 161 cm³/mol. The molecule has 0 radical (unpaired) electrons. The molecule has 2 atom stereocenters. The fraction of sp³-hybridized carbons (Fsp3) is 0.500. The Bertz CT molecular complexity index is 1560. The van der Waals surface area contributed by atoms with E-state index >= 15 is 0 Å². The first-order chi connectivity index (χ1) is 20.8. The van der Waals surface area contributed by atoms with Gasteiger partial charge in [-0.1, -0.05) is 0 Å². The number of nitrogens with zero attached hydrogens (tertiary/aromatic N) is 4. The molecule has 3 aromatic rings. The molecule has 8 rings (SSSR count). The maximum Gasteiger partial charge on any atom is 0.420 e. The zero-order chi connectivity index (χ0) is 29.3. The number of amides is 1. The van der Waals surface area contributed by atoms with Crippen LogP contribution in [0.1, 0.15) is 52.4 Å². The van der Waals surface area contributed by atoms with Crippen molar-refractivity contribution in [2.45, 2.75) is 60.8 Å². The van der Waals surface area contributed by atoms with Gasteiger partial charge in [0.25, 0.3) is 5.91 Å². The largest absolute Gasteiger partial charge is 0.420 e. The van der Waals surface area contributed by atoms with Gasteiger partial charge in [-0.05, 0) is 61.4 Å². The predicted octanol–water partition coefficient (Wildman–Crippen LogP) is 5.73. The number of alkyl halides is 3. The van der Waals surface area contributed by atoms with Crippen LogP contribution in [0.2, 0.25) is 0 Å². The van der Waals surface area contributed by atoms with Crippen LogP contribution < -0.4 is 15.5 Å². The summed E-state index contributed by atoms with van der Waals surface area (Å²) < 4.78 is 47.9. The third-order valence-corrected chi connectivity index (χ3v) is 11.3. The van der Waals surface area contributed by atoms with Crippen LogP contribution in [-0.2, 0) is 10.9 Å². The number of carbonyl (C=O) groups excluding carboxylic acids is 1. The monoisotopic (exact) mass is 628 g/mol. The molecule has 1 aromatic carbocycles. The molecule has 13 heteroatoms. The highest BCUT2D eigenvalue weighted by Crippen LogP contribution is 2.47. The van der Waals surface area contributed by atoms with E-state index in [1.165, 1.54) is 30.3 Å². The number of nitrogens with one attached hydrogen (secondary N) is 2. The molecule has 2 N–H and O–H groups in total. The maximum absolute atomic E-state index is 14.2. The molecule has 3 saturated heterocycles. The molecule has 0 unspecified atom stereocenters. The first-order valence-electron chi connectivity index (χ1n) is 14.8. The van der Waals surface area contributed by atoms with Gasteiger partial charge in [0, 0.05) is 59.9 Å². The lowest BCUT2D eigenvalue weighted by Gasteiger charge is -2.36. The van der Waals surface area contributed by atoms with E-state index in [9.17, 15) is 18.0 Å². The normalized spacial score (nSPS) is 24.1. The van der Waals surface area contributed by atoms with Crippen molar-refractivity contribution in [2.75, 3.05) is 48.8 Å². The summed E-state index contributed by atoms with van der Waals surface area (Å²) in [6.45, 7) is 3.53. The lowest BCUT2D eigenvalue weighted by atomic mass is 10.1. The molecule has 2 bridgehead atoms. The number of fused-ring (bicyclic) bond motifs is 3. The number of anilines is 3. The molecule has 1 saturated carbocycles. The van der Waals surface area contributed by atoms with Crippen LogP contribution in [0.3, 0.4) is 0 Å². The van der Waals surface area contributed by atoms with Crippen LogP contribution in [0, 0.1) is 0 Å². The highest BCUT2D eigenvalue weighted by atomic mass is 32.2. The number of ether oxygens (including phenoxy) is 1. The van der Waals surface area contributed by atoms with Crippen LogP contribution in [-0.4, -0.2) is 77.5 Å². The second-order valence-corrected chi connectivity index (χ2v) is 14.2. The van der Waals surface area contributed by atoms with Gasteiger partial charge in [-0.2, -0.15) is 13.2 Å². The average Bonchev–Trinajstić information content (AvgIpc) is 3.66. The highest BCUT2D eigenvalue weighted by molar-refractivity contribution is 7.99. The number of halogens is 3. The second kappa shape index (κ2) is 10.6. The number of piperazine rings is 1. The van der Waals surface area contributed by atoms with Crippen molar-refractivity contribution in [2.24, 2.45) is 0 Å². The van der Waals surface area contributed by atoms with Crippen molar-refractivity contribution in [3.63, 3.8) is 0 Å². The smallest absolute Gasteiger partial charge is 0.377 e. The summed E-state index contributed by atoms with van der Waals surface area (Å²) in [5.41, 5.74) is 2.03. The SMILES string of the molecule is O=C1c2sc(-c3nc(Nc4ccc(N5C[C@H]6CC[C@@H](C5)N6)cc4C4CC4)ncc3C(F)(F)F)cc2SCCN1C1COC1. The second-order valence-electron chi connectivity index (χ2n) is 12.0.